The van der Waals surface area contributed by atoms with Crippen LogP contribution in [0.5, 0.6) is 0 Å². The van der Waals surface area contributed by atoms with Crippen LogP contribution < -0.4 is 0 Å². The van der Waals surface area contributed by atoms with Gasteiger partial charge < -0.3 is 9.80 Å². The Morgan fingerprint density at radius 2 is 1.82 bits per heavy atom. The highest BCUT2D eigenvalue weighted by Crippen LogP contribution is 2.45. The average Bonchev–Trinajstić information content (AvgIpc) is 3.59. The summed E-state index contributed by atoms with van der Waals surface area (Å²) in [4.78, 5) is 36.8. The molecule has 5 nitrogen and oxygen atoms in total. The molecule has 1 saturated heterocycles. The van der Waals surface area contributed by atoms with Crippen molar-refractivity contribution in [1.29, 1.82) is 0 Å². The van der Waals surface area contributed by atoms with Crippen molar-refractivity contribution in [3.05, 3.63) is 98.8 Å². The molecule has 4 heterocycles. The minimum absolute atomic E-state index is 0.0559. The van der Waals surface area contributed by atoms with Crippen molar-refractivity contribution in [1.82, 2.24) is 14.8 Å². The number of thiophene rings is 1. The van der Waals surface area contributed by atoms with Gasteiger partial charge in [0, 0.05) is 35.5 Å². The summed E-state index contributed by atoms with van der Waals surface area (Å²) in [5.74, 6) is -0.224. The van der Waals surface area contributed by atoms with Crippen LogP contribution in [0, 0.1) is 0 Å². The van der Waals surface area contributed by atoms with Gasteiger partial charge in [-0.1, -0.05) is 48.0 Å². The molecule has 6 rings (SSSR count). The van der Waals surface area contributed by atoms with Crippen molar-refractivity contribution in [3.8, 4) is 9.88 Å². The van der Waals surface area contributed by atoms with E-state index in [1.54, 1.807) is 11.3 Å². The maximum atomic E-state index is 13.9. The molecular weight excluding hydrogens is 474 g/mol. The molecule has 2 aromatic heterocycles. The summed E-state index contributed by atoms with van der Waals surface area (Å²) in [6, 6.07) is 19.1. The maximum Gasteiger partial charge on any atom is 0.275 e. The number of aromatic nitrogens is 1. The van der Waals surface area contributed by atoms with Crippen LogP contribution in [0.15, 0.2) is 71.4 Å². The molecule has 2 amide bonds. The van der Waals surface area contributed by atoms with Crippen molar-refractivity contribution >= 4 is 46.1 Å². The molecule has 0 spiro atoms. The van der Waals surface area contributed by atoms with Gasteiger partial charge in [0.1, 0.15) is 16.4 Å². The fourth-order valence-corrected chi connectivity index (χ4v) is 6.63. The molecule has 0 N–H and O–H groups in total. The standard InChI is InChI=1S/C25H18ClN3O2S2/c26-18-9-7-17(8-10-18)25-14-16-4-1-2-5-19(16)23(30)28(25)11-12-29(25)24(31)20-15-33-22(27-20)21-6-3-13-32-21/h1-10,13,15H,11-12,14H2. The monoisotopic (exact) mass is 491 g/mol. The molecule has 2 aromatic carbocycles. The fraction of sp³-hybridized carbons (Fsp3) is 0.160. The van der Waals surface area contributed by atoms with Crippen LogP contribution in [0.4, 0.5) is 0 Å². The lowest BCUT2D eigenvalue weighted by molar-refractivity contribution is 0.00747. The molecule has 0 bridgehead atoms. The van der Waals surface area contributed by atoms with E-state index >= 15 is 0 Å². The van der Waals surface area contributed by atoms with E-state index in [0.29, 0.717) is 35.8 Å². The van der Waals surface area contributed by atoms with Gasteiger partial charge in [-0.15, -0.1) is 22.7 Å². The van der Waals surface area contributed by atoms with Gasteiger partial charge in [0.05, 0.1) is 4.88 Å². The zero-order chi connectivity index (χ0) is 22.6. The summed E-state index contributed by atoms with van der Waals surface area (Å²) in [6.07, 6.45) is 0.518. The van der Waals surface area contributed by atoms with Gasteiger partial charge in [-0.3, -0.25) is 9.59 Å². The summed E-state index contributed by atoms with van der Waals surface area (Å²) in [5.41, 5.74) is 2.00. The minimum Gasteiger partial charge on any atom is -0.309 e. The van der Waals surface area contributed by atoms with E-state index in [1.165, 1.54) is 11.3 Å². The van der Waals surface area contributed by atoms with Crippen LogP contribution in [-0.4, -0.2) is 39.7 Å². The Morgan fingerprint density at radius 1 is 1.00 bits per heavy atom. The second-order valence-corrected chi connectivity index (χ2v) is 10.3. The number of hydrogen-bond acceptors (Lipinski definition) is 5. The van der Waals surface area contributed by atoms with Crippen molar-refractivity contribution in [2.24, 2.45) is 0 Å². The van der Waals surface area contributed by atoms with Crippen molar-refractivity contribution < 1.29 is 9.59 Å². The van der Waals surface area contributed by atoms with Gasteiger partial charge in [-0.05, 0) is 40.8 Å². The number of fused-ring (bicyclic) bond motifs is 2. The van der Waals surface area contributed by atoms with Crippen LogP contribution in [0.1, 0.15) is 32.0 Å². The summed E-state index contributed by atoms with van der Waals surface area (Å²) < 4.78 is 0. The van der Waals surface area contributed by atoms with E-state index in [2.05, 4.69) is 4.98 Å². The molecule has 1 unspecified atom stereocenters. The Morgan fingerprint density at radius 3 is 2.61 bits per heavy atom. The smallest absolute Gasteiger partial charge is 0.275 e. The third kappa shape index (κ3) is 3.14. The number of carbonyl (C=O) groups excluding carboxylic acids is 2. The summed E-state index contributed by atoms with van der Waals surface area (Å²) in [6.45, 7) is 0.899. The molecule has 2 aliphatic rings. The topological polar surface area (TPSA) is 53.5 Å². The SMILES string of the molecule is O=C(c1csc(-c2cccs2)n1)N1CCN2C(=O)c3ccccc3CC12c1ccc(Cl)cc1. The molecule has 33 heavy (non-hydrogen) atoms. The first kappa shape index (κ1) is 20.6. The lowest BCUT2D eigenvalue weighted by Crippen LogP contribution is -2.58. The number of amides is 2. The molecule has 2 aliphatic heterocycles. The van der Waals surface area contributed by atoms with Crippen LogP contribution in [0.25, 0.3) is 9.88 Å². The average molecular weight is 492 g/mol. The van der Waals surface area contributed by atoms with E-state index in [-0.39, 0.29) is 11.8 Å². The van der Waals surface area contributed by atoms with Gasteiger partial charge in [0.25, 0.3) is 11.8 Å². The first-order valence-corrected chi connectivity index (χ1v) is 12.7. The van der Waals surface area contributed by atoms with E-state index in [0.717, 1.165) is 21.0 Å². The number of halogens is 1. The highest BCUT2D eigenvalue weighted by atomic mass is 35.5. The Kier molecular flexibility index (Phi) is 4.87. The molecule has 4 aromatic rings. The number of thiazole rings is 1. The minimum atomic E-state index is -0.917. The Bertz CT molecular complexity index is 1370. The highest BCUT2D eigenvalue weighted by molar-refractivity contribution is 7.20. The third-order valence-electron chi connectivity index (χ3n) is 6.38. The molecular formula is C25H18ClN3O2S2. The molecule has 8 heteroatoms. The van der Waals surface area contributed by atoms with E-state index in [4.69, 9.17) is 11.6 Å². The quantitative estimate of drug-likeness (QED) is 0.378. The van der Waals surface area contributed by atoms with Gasteiger partial charge >= 0.3 is 0 Å². The lowest BCUT2D eigenvalue weighted by Gasteiger charge is -2.47. The van der Waals surface area contributed by atoms with Crippen LogP contribution in [0.3, 0.4) is 0 Å². The predicted octanol–water partition coefficient (Wildman–Crippen LogP) is 5.53. The predicted molar refractivity (Wildman–Crippen MR) is 131 cm³/mol. The molecule has 164 valence electrons. The highest BCUT2D eigenvalue weighted by Gasteiger charge is 2.55. The van der Waals surface area contributed by atoms with Crippen LogP contribution in [-0.2, 0) is 12.1 Å². The van der Waals surface area contributed by atoms with Crippen LogP contribution >= 0.6 is 34.3 Å². The molecule has 0 aliphatic carbocycles. The third-order valence-corrected chi connectivity index (χ3v) is 8.51. The molecule has 1 atom stereocenters. The van der Waals surface area contributed by atoms with Gasteiger partial charge in [-0.2, -0.15) is 0 Å². The Hall–Kier alpha value is -3.00. The van der Waals surface area contributed by atoms with E-state index in [1.807, 2.05) is 81.2 Å². The second-order valence-electron chi connectivity index (χ2n) is 8.09. The summed E-state index contributed by atoms with van der Waals surface area (Å²) >= 11 is 9.24. The zero-order valence-electron chi connectivity index (χ0n) is 17.4. The Labute approximate surface area is 203 Å². The van der Waals surface area contributed by atoms with Gasteiger partial charge in [0.15, 0.2) is 0 Å². The number of benzene rings is 2. The summed E-state index contributed by atoms with van der Waals surface area (Å²) in [5, 5.41) is 5.25. The van der Waals surface area contributed by atoms with Crippen molar-refractivity contribution in [2.75, 3.05) is 13.1 Å². The van der Waals surface area contributed by atoms with Gasteiger partial charge in [0.2, 0.25) is 0 Å². The van der Waals surface area contributed by atoms with Gasteiger partial charge in [-0.25, -0.2) is 4.98 Å². The lowest BCUT2D eigenvalue weighted by atomic mass is 9.83. The molecule has 1 fully saturated rings. The number of hydrogen-bond donors (Lipinski definition) is 0. The normalized spacial score (nSPS) is 19.5. The molecule has 0 radical (unpaired) electrons. The zero-order valence-corrected chi connectivity index (χ0v) is 19.8. The first-order valence-electron chi connectivity index (χ1n) is 10.6. The Balaban J connectivity index is 1.47. The van der Waals surface area contributed by atoms with E-state index < -0.39 is 5.66 Å². The number of nitrogens with zero attached hydrogens (tertiary/aromatic N) is 3. The molecule has 0 saturated carbocycles. The number of rotatable bonds is 3. The van der Waals surface area contributed by atoms with E-state index in [9.17, 15) is 9.59 Å². The van der Waals surface area contributed by atoms with Crippen molar-refractivity contribution in [3.63, 3.8) is 0 Å². The second kappa shape index (κ2) is 7.80. The fourth-order valence-electron chi connectivity index (χ4n) is 4.89. The maximum absolute atomic E-state index is 13.9. The largest absolute Gasteiger partial charge is 0.309 e. The summed E-state index contributed by atoms with van der Waals surface area (Å²) in [7, 11) is 0. The van der Waals surface area contributed by atoms with Crippen LogP contribution in [0.2, 0.25) is 5.02 Å². The first-order chi connectivity index (χ1) is 16.1. The number of carbonyl (C=O) groups is 2. The van der Waals surface area contributed by atoms with Crippen molar-refractivity contribution in [2.45, 2.75) is 12.1 Å².